The summed E-state index contributed by atoms with van der Waals surface area (Å²) in [5.41, 5.74) is 7.52. The lowest BCUT2D eigenvalue weighted by atomic mass is 9.95. The van der Waals surface area contributed by atoms with E-state index in [1.54, 1.807) is 0 Å². The number of halogens is 1. The minimum Gasteiger partial charge on any atom is -0.348 e. The SMILES string of the molecule is CCc1ccc(C(NC(=O)CNC(=O)CN)C(C)C)cc1.Cl. The fraction of sp³-hybridized carbons (Fsp3) is 0.500. The predicted molar refractivity (Wildman–Crippen MR) is 90.9 cm³/mol. The number of rotatable bonds is 7. The van der Waals surface area contributed by atoms with E-state index in [0.29, 0.717) is 0 Å². The van der Waals surface area contributed by atoms with Crippen molar-refractivity contribution in [2.45, 2.75) is 33.2 Å². The molecule has 0 aromatic heterocycles. The number of hydrogen-bond donors (Lipinski definition) is 3. The van der Waals surface area contributed by atoms with Crippen molar-refractivity contribution in [3.63, 3.8) is 0 Å². The van der Waals surface area contributed by atoms with E-state index < -0.39 is 0 Å². The van der Waals surface area contributed by atoms with E-state index in [4.69, 9.17) is 5.73 Å². The summed E-state index contributed by atoms with van der Waals surface area (Å²) in [5, 5.41) is 5.43. The van der Waals surface area contributed by atoms with Crippen LogP contribution in [0.15, 0.2) is 24.3 Å². The fourth-order valence-corrected chi connectivity index (χ4v) is 2.07. The van der Waals surface area contributed by atoms with Gasteiger partial charge < -0.3 is 16.4 Å². The second-order valence-electron chi connectivity index (χ2n) is 5.37. The van der Waals surface area contributed by atoms with Crippen molar-refractivity contribution >= 4 is 24.2 Å². The third-order valence-electron chi connectivity index (χ3n) is 3.36. The maximum absolute atomic E-state index is 11.9. The van der Waals surface area contributed by atoms with Crippen LogP contribution in [-0.2, 0) is 16.0 Å². The molecule has 124 valence electrons. The quantitative estimate of drug-likeness (QED) is 0.710. The molecular formula is C16H26ClN3O2. The Labute approximate surface area is 138 Å². The molecular weight excluding hydrogens is 302 g/mol. The van der Waals surface area contributed by atoms with Gasteiger partial charge in [0.2, 0.25) is 11.8 Å². The van der Waals surface area contributed by atoms with Crippen LogP contribution >= 0.6 is 12.4 Å². The molecule has 22 heavy (non-hydrogen) atoms. The lowest BCUT2D eigenvalue weighted by molar-refractivity contribution is -0.126. The number of nitrogens with two attached hydrogens (primary N) is 1. The maximum Gasteiger partial charge on any atom is 0.239 e. The average molecular weight is 328 g/mol. The first-order valence-corrected chi connectivity index (χ1v) is 7.32. The number of benzene rings is 1. The monoisotopic (exact) mass is 327 g/mol. The van der Waals surface area contributed by atoms with Crippen LogP contribution in [0.1, 0.15) is 37.9 Å². The Morgan fingerprint density at radius 3 is 2.18 bits per heavy atom. The van der Waals surface area contributed by atoms with Crippen LogP contribution in [0, 0.1) is 5.92 Å². The zero-order valence-electron chi connectivity index (χ0n) is 13.4. The number of nitrogens with one attached hydrogen (secondary N) is 2. The van der Waals surface area contributed by atoms with Crippen LogP contribution in [-0.4, -0.2) is 24.9 Å². The molecule has 1 aromatic carbocycles. The molecule has 6 heteroatoms. The molecule has 0 spiro atoms. The molecule has 0 saturated carbocycles. The van der Waals surface area contributed by atoms with Gasteiger partial charge in [-0.1, -0.05) is 45.0 Å². The Hall–Kier alpha value is -1.59. The highest BCUT2D eigenvalue weighted by Crippen LogP contribution is 2.22. The van der Waals surface area contributed by atoms with Crippen LogP contribution in [0.5, 0.6) is 0 Å². The second kappa shape index (κ2) is 10.2. The van der Waals surface area contributed by atoms with E-state index >= 15 is 0 Å². The highest BCUT2D eigenvalue weighted by molar-refractivity contribution is 5.86. The summed E-state index contributed by atoms with van der Waals surface area (Å²) in [6, 6.07) is 8.17. The fourth-order valence-electron chi connectivity index (χ4n) is 2.07. The lowest BCUT2D eigenvalue weighted by Crippen LogP contribution is -2.41. The molecule has 0 aliphatic carbocycles. The van der Waals surface area contributed by atoms with Gasteiger partial charge in [0, 0.05) is 0 Å². The molecule has 0 bridgehead atoms. The molecule has 4 N–H and O–H groups in total. The van der Waals surface area contributed by atoms with Gasteiger partial charge >= 0.3 is 0 Å². The van der Waals surface area contributed by atoms with Gasteiger partial charge in [-0.2, -0.15) is 0 Å². The summed E-state index contributed by atoms with van der Waals surface area (Å²) >= 11 is 0. The Bertz CT molecular complexity index is 475. The standard InChI is InChI=1S/C16H25N3O2.ClH/c1-4-12-5-7-13(8-6-12)16(11(2)3)19-15(21)10-18-14(20)9-17;/h5-8,11,16H,4,9-10,17H2,1-3H3,(H,18,20)(H,19,21);1H. The van der Waals surface area contributed by atoms with Gasteiger partial charge in [0.25, 0.3) is 0 Å². The largest absolute Gasteiger partial charge is 0.348 e. The predicted octanol–water partition coefficient (Wildman–Crippen LogP) is 1.56. The van der Waals surface area contributed by atoms with E-state index in [-0.39, 0.29) is 49.3 Å². The first kappa shape index (κ1) is 20.4. The summed E-state index contributed by atoms with van der Waals surface area (Å²) in [4.78, 5) is 23.0. The van der Waals surface area contributed by atoms with Crippen LogP contribution in [0.3, 0.4) is 0 Å². The van der Waals surface area contributed by atoms with Crippen LogP contribution in [0.2, 0.25) is 0 Å². The van der Waals surface area contributed by atoms with Crippen molar-refractivity contribution in [3.05, 3.63) is 35.4 Å². The van der Waals surface area contributed by atoms with Gasteiger partial charge in [-0.15, -0.1) is 12.4 Å². The van der Waals surface area contributed by atoms with Gasteiger partial charge in [0.15, 0.2) is 0 Å². The minimum atomic E-state index is -0.335. The number of hydrogen-bond acceptors (Lipinski definition) is 3. The van der Waals surface area contributed by atoms with Crippen molar-refractivity contribution in [2.75, 3.05) is 13.1 Å². The number of carbonyl (C=O) groups is 2. The normalized spacial score (nSPS) is 11.5. The van der Waals surface area contributed by atoms with E-state index in [0.717, 1.165) is 12.0 Å². The van der Waals surface area contributed by atoms with Crippen LogP contribution in [0.4, 0.5) is 0 Å². The van der Waals surface area contributed by atoms with E-state index in [1.165, 1.54) is 5.56 Å². The summed E-state index contributed by atoms with van der Waals surface area (Å²) in [6.45, 7) is 6.05. The average Bonchev–Trinajstić information content (AvgIpc) is 2.50. The topological polar surface area (TPSA) is 84.2 Å². The summed E-state index contributed by atoms with van der Waals surface area (Å²) in [6.07, 6.45) is 0.990. The van der Waals surface area contributed by atoms with Crippen molar-refractivity contribution in [3.8, 4) is 0 Å². The van der Waals surface area contributed by atoms with Crippen molar-refractivity contribution < 1.29 is 9.59 Å². The molecule has 5 nitrogen and oxygen atoms in total. The van der Waals surface area contributed by atoms with Crippen molar-refractivity contribution in [1.82, 2.24) is 10.6 Å². The van der Waals surface area contributed by atoms with Crippen LogP contribution in [0.25, 0.3) is 0 Å². The van der Waals surface area contributed by atoms with E-state index in [1.807, 2.05) is 12.1 Å². The molecule has 0 fully saturated rings. The zero-order valence-corrected chi connectivity index (χ0v) is 14.2. The molecule has 0 saturated heterocycles. The second-order valence-corrected chi connectivity index (χ2v) is 5.37. The molecule has 0 radical (unpaired) electrons. The molecule has 0 aliphatic heterocycles. The lowest BCUT2D eigenvalue weighted by Gasteiger charge is -2.23. The van der Waals surface area contributed by atoms with Crippen molar-refractivity contribution in [1.29, 1.82) is 0 Å². The number of carbonyl (C=O) groups excluding carboxylic acids is 2. The molecule has 1 unspecified atom stereocenters. The first-order valence-electron chi connectivity index (χ1n) is 7.32. The highest BCUT2D eigenvalue weighted by Gasteiger charge is 2.18. The minimum absolute atomic E-state index is 0. The Morgan fingerprint density at radius 2 is 1.73 bits per heavy atom. The molecule has 1 atom stereocenters. The third-order valence-corrected chi connectivity index (χ3v) is 3.36. The molecule has 1 aromatic rings. The van der Waals surface area contributed by atoms with E-state index in [2.05, 4.69) is 43.5 Å². The molecule has 2 amide bonds. The van der Waals surface area contributed by atoms with Gasteiger partial charge in [-0.05, 0) is 23.5 Å². The highest BCUT2D eigenvalue weighted by atomic mass is 35.5. The van der Waals surface area contributed by atoms with Gasteiger partial charge in [-0.25, -0.2) is 0 Å². The summed E-state index contributed by atoms with van der Waals surface area (Å²) < 4.78 is 0. The van der Waals surface area contributed by atoms with E-state index in [9.17, 15) is 9.59 Å². The summed E-state index contributed by atoms with van der Waals surface area (Å²) in [5.74, 6) is -0.291. The zero-order chi connectivity index (χ0) is 15.8. The van der Waals surface area contributed by atoms with Gasteiger partial charge in [-0.3, -0.25) is 9.59 Å². The number of amides is 2. The molecule has 1 rings (SSSR count). The van der Waals surface area contributed by atoms with Gasteiger partial charge in [0.05, 0.1) is 19.1 Å². The Kier molecular flexibility index (Phi) is 9.45. The Balaban J connectivity index is 0.00000441. The Morgan fingerprint density at radius 1 is 1.14 bits per heavy atom. The van der Waals surface area contributed by atoms with Crippen molar-refractivity contribution in [2.24, 2.45) is 11.7 Å². The number of aryl methyl sites for hydroxylation is 1. The molecule has 0 aliphatic rings. The summed E-state index contributed by atoms with van der Waals surface area (Å²) in [7, 11) is 0. The smallest absolute Gasteiger partial charge is 0.239 e. The third kappa shape index (κ3) is 6.45. The van der Waals surface area contributed by atoms with Gasteiger partial charge in [0.1, 0.15) is 0 Å². The first-order chi connectivity index (χ1) is 9.97. The maximum atomic E-state index is 11.9. The molecule has 0 heterocycles. The van der Waals surface area contributed by atoms with Crippen LogP contribution < -0.4 is 16.4 Å².